The van der Waals surface area contributed by atoms with Crippen molar-refractivity contribution in [3.63, 3.8) is 0 Å². The zero-order chi connectivity index (χ0) is 18.0. The van der Waals surface area contributed by atoms with Gasteiger partial charge in [0.2, 0.25) is 10.0 Å². The molecule has 0 saturated carbocycles. The Bertz CT molecular complexity index is 957. The molecule has 3 aromatic rings. The van der Waals surface area contributed by atoms with Crippen molar-refractivity contribution >= 4 is 20.9 Å². The van der Waals surface area contributed by atoms with Crippen molar-refractivity contribution in [1.29, 1.82) is 0 Å². The largest absolute Gasteiger partial charge is 0.317 e. The summed E-state index contributed by atoms with van der Waals surface area (Å²) in [5.74, 6) is 0.115. The van der Waals surface area contributed by atoms with Crippen LogP contribution in [0.5, 0.6) is 0 Å². The van der Waals surface area contributed by atoms with E-state index in [9.17, 15) is 8.42 Å². The fourth-order valence-corrected chi connectivity index (χ4v) is 3.61. The standard InChI is InChI=1S/C20H24N2O2S/c1-15(2)25(23,24)21-14-16(3)17-8-10-19(11-9-17)22-13-12-18-6-4-5-7-20(18)22/h4-13,15-16,21H,14H2,1-3H3/t16-/m0/s1. The maximum Gasteiger partial charge on any atom is 0.213 e. The molecule has 0 aliphatic heterocycles. The molecule has 3 rings (SSSR count). The lowest BCUT2D eigenvalue weighted by Gasteiger charge is -2.16. The highest BCUT2D eigenvalue weighted by molar-refractivity contribution is 7.90. The molecule has 0 unspecified atom stereocenters. The van der Waals surface area contributed by atoms with Crippen LogP contribution in [-0.4, -0.2) is 24.8 Å². The van der Waals surface area contributed by atoms with Crippen LogP contribution in [0.4, 0.5) is 0 Å². The third-order valence-corrected chi connectivity index (χ3v) is 6.36. The maximum atomic E-state index is 11.9. The van der Waals surface area contributed by atoms with Crippen molar-refractivity contribution in [3.8, 4) is 5.69 Å². The summed E-state index contributed by atoms with van der Waals surface area (Å²) in [5.41, 5.74) is 3.39. The van der Waals surface area contributed by atoms with Crippen molar-refractivity contribution in [2.75, 3.05) is 6.54 Å². The summed E-state index contributed by atoms with van der Waals surface area (Å²) in [7, 11) is -3.22. The summed E-state index contributed by atoms with van der Waals surface area (Å²) in [6.07, 6.45) is 2.07. The highest BCUT2D eigenvalue weighted by Crippen LogP contribution is 2.22. The predicted molar refractivity (Wildman–Crippen MR) is 104 cm³/mol. The second-order valence-electron chi connectivity index (χ2n) is 6.68. The van der Waals surface area contributed by atoms with Crippen molar-refractivity contribution in [2.45, 2.75) is 31.9 Å². The van der Waals surface area contributed by atoms with Crippen LogP contribution >= 0.6 is 0 Å². The number of hydrogen-bond acceptors (Lipinski definition) is 2. The van der Waals surface area contributed by atoms with Crippen molar-refractivity contribution in [1.82, 2.24) is 9.29 Å². The van der Waals surface area contributed by atoms with E-state index in [1.54, 1.807) is 13.8 Å². The third kappa shape index (κ3) is 3.78. The molecule has 0 spiro atoms. The first-order valence-corrected chi connectivity index (χ1v) is 10.1. The zero-order valence-corrected chi connectivity index (χ0v) is 15.6. The minimum Gasteiger partial charge on any atom is -0.317 e. The predicted octanol–water partition coefficient (Wildman–Crippen LogP) is 4.06. The molecule has 0 aliphatic carbocycles. The molecule has 25 heavy (non-hydrogen) atoms. The number of aromatic nitrogens is 1. The van der Waals surface area contributed by atoms with Gasteiger partial charge in [0.25, 0.3) is 0 Å². The molecule has 1 aromatic heterocycles. The number of nitrogens with one attached hydrogen (secondary N) is 1. The third-order valence-electron chi connectivity index (χ3n) is 4.55. The Balaban J connectivity index is 1.76. The molecular formula is C20H24N2O2S. The summed E-state index contributed by atoms with van der Waals surface area (Å²) in [5, 5.41) is 0.798. The Kier molecular flexibility index (Phi) is 4.97. The summed E-state index contributed by atoms with van der Waals surface area (Å²) in [6.45, 7) is 5.81. The average Bonchev–Trinajstić information content (AvgIpc) is 3.04. The van der Waals surface area contributed by atoms with Crippen LogP contribution < -0.4 is 4.72 Å². The topological polar surface area (TPSA) is 51.1 Å². The second kappa shape index (κ2) is 7.02. The van der Waals surface area contributed by atoms with Crippen molar-refractivity contribution < 1.29 is 8.42 Å². The van der Waals surface area contributed by atoms with Gasteiger partial charge in [-0.3, -0.25) is 0 Å². The van der Waals surface area contributed by atoms with Crippen molar-refractivity contribution in [3.05, 3.63) is 66.4 Å². The van der Waals surface area contributed by atoms with Crippen LogP contribution in [-0.2, 0) is 10.0 Å². The molecule has 1 N–H and O–H groups in total. The number of hydrogen-bond donors (Lipinski definition) is 1. The molecule has 0 bridgehead atoms. The fraction of sp³-hybridized carbons (Fsp3) is 0.300. The van der Waals surface area contributed by atoms with Crippen LogP contribution in [0.1, 0.15) is 32.3 Å². The smallest absolute Gasteiger partial charge is 0.213 e. The van der Waals surface area contributed by atoms with Gasteiger partial charge in [0.15, 0.2) is 0 Å². The molecular weight excluding hydrogens is 332 g/mol. The van der Waals surface area contributed by atoms with Crippen molar-refractivity contribution in [2.24, 2.45) is 0 Å². The molecule has 0 fully saturated rings. The van der Waals surface area contributed by atoms with Gasteiger partial charge in [0, 0.05) is 18.4 Å². The zero-order valence-electron chi connectivity index (χ0n) is 14.8. The van der Waals surface area contributed by atoms with E-state index in [4.69, 9.17) is 0 Å². The fourth-order valence-electron chi connectivity index (χ4n) is 2.80. The highest BCUT2D eigenvalue weighted by Gasteiger charge is 2.17. The maximum absolute atomic E-state index is 11.9. The average molecular weight is 356 g/mol. The Hall–Kier alpha value is -2.11. The monoisotopic (exact) mass is 356 g/mol. The van der Waals surface area contributed by atoms with E-state index in [1.165, 1.54) is 10.9 Å². The molecule has 0 aliphatic rings. The van der Waals surface area contributed by atoms with Crippen LogP contribution in [0.15, 0.2) is 60.8 Å². The van der Waals surface area contributed by atoms with Crippen LogP contribution in [0, 0.1) is 0 Å². The number of rotatable bonds is 6. The Morgan fingerprint density at radius 3 is 2.32 bits per heavy atom. The van der Waals surface area contributed by atoms with E-state index in [1.807, 2.05) is 19.1 Å². The molecule has 0 amide bonds. The summed E-state index contributed by atoms with van der Waals surface area (Å²) < 4.78 is 28.6. The van der Waals surface area contributed by atoms with Gasteiger partial charge in [-0.05, 0) is 55.0 Å². The molecule has 1 atom stereocenters. The van der Waals surface area contributed by atoms with E-state index in [0.29, 0.717) is 6.54 Å². The molecule has 132 valence electrons. The van der Waals surface area contributed by atoms with Gasteiger partial charge >= 0.3 is 0 Å². The lowest BCUT2D eigenvalue weighted by atomic mass is 10.0. The van der Waals surface area contributed by atoms with E-state index < -0.39 is 15.3 Å². The number of nitrogens with zero attached hydrogens (tertiary/aromatic N) is 1. The van der Waals surface area contributed by atoms with Gasteiger partial charge in [0.05, 0.1) is 10.8 Å². The van der Waals surface area contributed by atoms with Gasteiger partial charge in [0.1, 0.15) is 0 Å². The van der Waals surface area contributed by atoms with Gasteiger partial charge in [-0.2, -0.15) is 0 Å². The van der Waals surface area contributed by atoms with Gasteiger partial charge < -0.3 is 4.57 Å². The summed E-state index contributed by atoms with van der Waals surface area (Å²) >= 11 is 0. The summed E-state index contributed by atoms with van der Waals surface area (Å²) in [4.78, 5) is 0. The Morgan fingerprint density at radius 2 is 1.64 bits per heavy atom. The molecule has 4 nitrogen and oxygen atoms in total. The molecule has 1 heterocycles. The molecule has 5 heteroatoms. The number of para-hydroxylation sites is 1. The first-order valence-electron chi connectivity index (χ1n) is 8.53. The van der Waals surface area contributed by atoms with Gasteiger partial charge in [-0.1, -0.05) is 37.3 Å². The molecule has 0 radical (unpaired) electrons. The van der Waals surface area contributed by atoms with E-state index in [-0.39, 0.29) is 5.92 Å². The quantitative estimate of drug-likeness (QED) is 0.724. The van der Waals surface area contributed by atoms with Gasteiger partial charge in [-0.25, -0.2) is 13.1 Å². The van der Waals surface area contributed by atoms with E-state index in [2.05, 4.69) is 58.0 Å². The first kappa shape index (κ1) is 17.7. The van der Waals surface area contributed by atoms with Gasteiger partial charge in [-0.15, -0.1) is 0 Å². The summed E-state index contributed by atoms with van der Waals surface area (Å²) in [6, 6.07) is 18.7. The number of benzene rings is 2. The lowest BCUT2D eigenvalue weighted by Crippen LogP contribution is -2.33. The Labute approximate surface area is 149 Å². The van der Waals surface area contributed by atoms with Crippen LogP contribution in [0.3, 0.4) is 0 Å². The normalized spacial score (nSPS) is 13.4. The highest BCUT2D eigenvalue weighted by atomic mass is 32.2. The van der Waals surface area contributed by atoms with E-state index >= 15 is 0 Å². The van der Waals surface area contributed by atoms with Crippen LogP contribution in [0.2, 0.25) is 0 Å². The second-order valence-corrected chi connectivity index (χ2v) is 9.00. The lowest BCUT2D eigenvalue weighted by molar-refractivity contribution is 0.566. The minimum absolute atomic E-state index is 0.115. The SMILES string of the molecule is CC(C)S(=O)(=O)NC[C@H](C)c1ccc(-n2ccc3ccccc32)cc1. The minimum atomic E-state index is -3.22. The van der Waals surface area contributed by atoms with E-state index in [0.717, 1.165) is 11.3 Å². The first-order chi connectivity index (χ1) is 11.9. The number of fused-ring (bicyclic) bond motifs is 1. The Morgan fingerprint density at radius 1 is 0.960 bits per heavy atom. The molecule has 2 aromatic carbocycles. The van der Waals surface area contributed by atoms with Crippen LogP contribution in [0.25, 0.3) is 16.6 Å². The number of sulfonamides is 1. The molecule has 0 saturated heterocycles.